The second-order valence-corrected chi connectivity index (χ2v) is 3.56. The van der Waals surface area contributed by atoms with Gasteiger partial charge in [0, 0.05) is 18.0 Å². The minimum atomic E-state index is -0.370. The molecule has 17 heavy (non-hydrogen) atoms. The maximum absolute atomic E-state index is 11.8. The summed E-state index contributed by atoms with van der Waals surface area (Å²) in [6.07, 6.45) is 3.29. The average molecular weight is 228 g/mol. The van der Waals surface area contributed by atoms with E-state index >= 15 is 0 Å². The highest BCUT2D eigenvalue weighted by Crippen LogP contribution is 2.23. The first-order valence-electron chi connectivity index (χ1n) is 5.19. The zero-order valence-corrected chi connectivity index (χ0v) is 9.68. The number of carbonyl (C=O) groups is 1. The molecule has 86 valence electrons. The lowest BCUT2D eigenvalue weighted by atomic mass is 10.0. The van der Waals surface area contributed by atoms with E-state index in [1.54, 1.807) is 18.5 Å². The van der Waals surface area contributed by atoms with Gasteiger partial charge in [-0.2, -0.15) is 0 Å². The van der Waals surface area contributed by atoms with Crippen LogP contribution in [0.4, 0.5) is 0 Å². The number of hydrogen-bond acceptors (Lipinski definition) is 4. The topological polar surface area (TPSA) is 52.1 Å². The first-order chi connectivity index (χ1) is 8.24. The fourth-order valence-corrected chi connectivity index (χ4v) is 1.67. The number of nitrogens with zero attached hydrogens (tertiary/aromatic N) is 2. The summed E-state index contributed by atoms with van der Waals surface area (Å²) in [5, 5.41) is 0. The predicted octanol–water partition coefficient (Wildman–Crippen LogP) is 2.24. The molecule has 0 amide bonds. The second kappa shape index (κ2) is 4.74. The third-order valence-corrected chi connectivity index (χ3v) is 2.47. The van der Waals surface area contributed by atoms with E-state index in [-0.39, 0.29) is 5.97 Å². The molecule has 0 spiro atoms. The van der Waals surface area contributed by atoms with Crippen molar-refractivity contribution in [2.24, 2.45) is 0 Å². The summed E-state index contributed by atoms with van der Waals surface area (Å²) >= 11 is 0. The van der Waals surface area contributed by atoms with E-state index in [2.05, 4.69) is 9.97 Å². The van der Waals surface area contributed by atoms with Crippen LogP contribution in [0.5, 0.6) is 0 Å². The molecule has 0 N–H and O–H groups in total. The van der Waals surface area contributed by atoms with E-state index < -0.39 is 0 Å². The molecule has 0 fully saturated rings. The maximum Gasteiger partial charge on any atom is 0.338 e. The number of carbonyl (C=O) groups excluding carboxylic acids is 1. The quantitative estimate of drug-likeness (QED) is 0.740. The van der Waals surface area contributed by atoms with Crippen LogP contribution in [-0.4, -0.2) is 23.0 Å². The van der Waals surface area contributed by atoms with Gasteiger partial charge in [-0.1, -0.05) is 18.2 Å². The van der Waals surface area contributed by atoms with Gasteiger partial charge in [-0.05, 0) is 18.6 Å². The van der Waals surface area contributed by atoms with Gasteiger partial charge in [-0.25, -0.2) is 14.8 Å². The lowest BCUT2D eigenvalue weighted by Gasteiger charge is -2.09. The molecule has 0 saturated carbocycles. The molecule has 0 bridgehead atoms. The van der Waals surface area contributed by atoms with E-state index in [0.717, 1.165) is 5.56 Å². The highest BCUT2D eigenvalue weighted by molar-refractivity contribution is 5.97. The van der Waals surface area contributed by atoms with Gasteiger partial charge in [-0.15, -0.1) is 0 Å². The van der Waals surface area contributed by atoms with Crippen molar-refractivity contribution in [1.82, 2.24) is 9.97 Å². The van der Waals surface area contributed by atoms with E-state index in [4.69, 9.17) is 4.74 Å². The van der Waals surface area contributed by atoms with Crippen LogP contribution in [-0.2, 0) is 4.74 Å². The van der Waals surface area contributed by atoms with Gasteiger partial charge in [0.1, 0.15) is 0 Å². The molecule has 1 aromatic heterocycles. The standard InChI is InChI=1S/C13H12N2O2/c1-9-5-3-6-10(11(9)13(16)17-2)12-14-7-4-8-15-12/h3-8H,1-2H3. The fraction of sp³-hybridized carbons (Fsp3) is 0.154. The van der Waals surface area contributed by atoms with Crippen LogP contribution in [0.1, 0.15) is 15.9 Å². The fourth-order valence-electron chi connectivity index (χ4n) is 1.67. The van der Waals surface area contributed by atoms with Crippen LogP contribution in [0.2, 0.25) is 0 Å². The first-order valence-corrected chi connectivity index (χ1v) is 5.19. The number of methoxy groups -OCH3 is 1. The Labute approximate surface area is 99.3 Å². The second-order valence-electron chi connectivity index (χ2n) is 3.56. The number of benzene rings is 1. The van der Waals surface area contributed by atoms with E-state index in [0.29, 0.717) is 17.0 Å². The van der Waals surface area contributed by atoms with Crippen LogP contribution in [0.25, 0.3) is 11.4 Å². The zero-order valence-electron chi connectivity index (χ0n) is 9.68. The minimum absolute atomic E-state index is 0.370. The number of hydrogen-bond donors (Lipinski definition) is 0. The van der Waals surface area contributed by atoms with Crippen molar-refractivity contribution in [3.8, 4) is 11.4 Å². The Morgan fingerprint density at radius 3 is 2.53 bits per heavy atom. The summed E-state index contributed by atoms with van der Waals surface area (Å²) in [7, 11) is 1.37. The third-order valence-electron chi connectivity index (χ3n) is 2.47. The lowest BCUT2D eigenvalue weighted by molar-refractivity contribution is 0.0600. The molecular weight excluding hydrogens is 216 g/mol. The van der Waals surface area contributed by atoms with Crippen molar-refractivity contribution in [2.45, 2.75) is 6.92 Å². The molecule has 4 heteroatoms. The highest BCUT2D eigenvalue weighted by atomic mass is 16.5. The van der Waals surface area contributed by atoms with Crippen LogP contribution in [0.15, 0.2) is 36.7 Å². The summed E-state index contributed by atoms with van der Waals surface area (Å²) in [5.41, 5.74) is 2.06. The summed E-state index contributed by atoms with van der Waals surface area (Å²) in [5.74, 6) is 0.155. The molecule has 1 heterocycles. The van der Waals surface area contributed by atoms with Gasteiger partial charge >= 0.3 is 5.97 Å². The lowest BCUT2D eigenvalue weighted by Crippen LogP contribution is -2.07. The van der Waals surface area contributed by atoms with Crippen molar-refractivity contribution in [2.75, 3.05) is 7.11 Å². The Kier molecular flexibility index (Phi) is 3.14. The summed E-state index contributed by atoms with van der Waals surface area (Å²) in [6.45, 7) is 1.86. The summed E-state index contributed by atoms with van der Waals surface area (Å²) in [6, 6.07) is 7.28. The van der Waals surface area contributed by atoms with Crippen molar-refractivity contribution in [1.29, 1.82) is 0 Å². The molecule has 4 nitrogen and oxygen atoms in total. The third kappa shape index (κ3) is 2.15. The number of aromatic nitrogens is 2. The Morgan fingerprint density at radius 2 is 1.88 bits per heavy atom. The number of esters is 1. The summed E-state index contributed by atoms with van der Waals surface area (Å²) < 4.78 is 4.78. The number of aryl methyl sites for hydroxylation is 1. The normalized spacial score (nSPS) is 10.0. The molecule has 1 aromatic carbocycles. The Hall–Kier alpha value is -2.23. The minimum Gasteiger partial charge on any atom is -0.465 e. The predicted molar refractivity (Wildman–Crippen MR) is 63.5 cm³/mol. The molecule has 0 aliphatic carbocycles. The summed E-state index contributed by atoms with van der Waals surface area (Å²) in [4.78, 5) is 20.0. The molecule has 0 atom stereocenters. The molecule has 0 radical (unpaired) electrons. The Balaban J connectivity index is 2.62. The number of ether oxygens (including phenoxy) is 1. The maximum atomic E-state index is 11.8. The van der Waals surface area contributed by atoms with Crippen LogP contribution in [0, 0.1) is 6.92 Å². The van der Waals surface area contributed by atoms with Crippen LogP contribution < -0.4 is 0 Å². The molecular formula is C13H12N2O2. The van der Waals surface area contributed by atoms with Gasteiger partial charge in [-0.3, -0.25) is 0 Å². The molecule has 0 unspecified atom stereocenters. The zero-order chi connectivity index (χ0) is 12.3. The first kappa shape index (κ1) is 11.3. The molecule has 0 aliphatic heterocycles. The highest BCUT2D eigenvalue weighted by Gasteiger charge is 2.16. The molecule has 2 aromatic rings. The van der Waals surface area contributed by atoms with Gasteiger partial charge < -0.3 is 4.74 Å². The molecule has 2 rings (SSSR count). The largest absolute Gasteiger partial charge is 0.465 e. The van der Waals surface area contributed by atoms with E-state index in [1.165, 1.54) is 7.11 Å². The van der Waals surface area contributed by atoms with Gasteiger partial charge in [0.2, 0.25) is 0 Å². The Bertz CT molecular complexity index is 538. The van der Waals surface area contributed by atoms with Crippen molar-refractivity contribution in [3.63, 3.8) is 0 Å². The number of rotatable bonds is 2. The Morgan fingerprint density at radius 1 is 1.18 bits per heavy atom. The van der Waals surface area contributed by atoms with E-state index in [9.17, 15) is 4.79 Å². The van der Waals surface area contributed by atoms with Crippen molar-refractivity contribution in [3.05, 3.63) is 47.8 Å². The van der Waals surface area contributed by atoms with Gasteiger partial charge in [0.05, 0.1) is 12.7 Å². The van der Waals surface area contributed by atoms with Crippen LogP contribution >= 0.6 is 0 Å². The van der Waals surface area contributed by atoms with Crippen molar-refractivity contribution >= 4 is 5.97 Å². The van der Waals surface area contributed by atoms with Gasteiger partial charge in [0.15, 0.2) is 5.82 Å². The van der Waals surface area contributed by atoms with E-state index in [1.807, 2.05) is 25.1 Å². The smallest absolute Gasteiger partial charge is 0.338 e. The monoisotopic (exact) mass is 228 g/mol. The molecule has 0 aliphatic rings. The van der Waals surface area contributed by atoms with Crippen molar-refractivity contribution < 1.29 is 9.53 Å². The SMILES string of the molecule is COC(=O)c1c(C)cccc1-c1ncccn1. The van der Waals surface area contributed by atoms with Gasteiger partial charge in [0.25, 0.3) is 0 Å². The molecule has 0 saturated heterocycles. The van der Waals surface area contributed by atoms with Crippen LogP contribution in [0.3, 0.4) is 0 Å². The average Bonchev–Trinajstić information content (AvgIpc) is 2.38.